The number of aromatic amines is 1. The monoisotopic (exact) mass is 295 g/mol. The molecule has 0 unspecified atom stereocenters. The van der Waals surface area contributed by atoms with Crippen LogP contribution in [-0.2, 0) is 19.4 Å². The lowest BCUT2D eigenvalue weighted by Crippen LogP contribution is -2.23. The number of H-pyrrole nitrogens is 1. The quantitative estimate of drug-likeness (QED) is 0.911. The average molecular weight is 295 g/mol. The van der Waals surface area contributed by atoms with Gasteiger partial charge in [-0.05, 0) is 61.8 Å². The zero-order valence-electron chi connectivity index (χ0n) is 12.7. The first-order valence-electron chi connectivity index (χ1n) is 8.24. The molecule has 114 valence electrons. The highest BCUT2D eigenvalue weighted by Crippen LogP contribution is 2.26. The zero-order valence-corrected chi connectivity index (χ0v) is 12.7. The molecule has 1 saturated carbocycles. The minimum atomic E-state index is -0.0881. The largest absolute Gasteiger partial charge is 0.310 e. The number of benzene rings is 1. The van der Waals surface area contributed by atoms with Crippen molar-refractivity contribution in [2.45, 2.75) is 51.1 Å². The van der Waals surface area contributed by atoms with Gasteiger partial charge in [-0.1, -0.05) is 12.1 Å². The number of hydrogen-bond acceptors (Lipinski definition) is 3. The molecule has 1 aromatic heterocycles. The van der Waals surface area contributed by atoms with Gasteiger partial charge in [-0.15, -0.1) is 0 Å². The molecule has 0 amide bonds. The van der Waals surface area contributed by atoms with E-state index >= 15 is 0 Å². The smallest absolute Gasteiger partial charge is 0.268 e. The summed E-state index contributed by atoms with van der Waals surface area (Å²) in [5.41, 5.74) is 5.55. The molecule has 1 heterocycles. The van der Waals surface area contributed by atoms with E-state index in [-0.39, 0.29) is 5.56 Å². The van der Waals surface area contributed by atoms with Crippen LogP contribution in [0.1, 0.15) is 42.4 Å². The molecule has 4 heteroatoms. The van der Waals surface area contributed by atoms with Gasteiger partial charge in [0.1, 0.15) is 0 Å². The van der Waals surface area contributed by atoms with E-state index in [0.29, 0.717) is 12.6 Å². The minimum absolute atomic E-state index is 0.0881. The number of hydrogen-bond donors (Lipinski definition) is 2. The Kier molecular flexibility index (Phi) is 3.54. The van der Waals surface area contributed by atoms with Crippen LogP contribution in [-0.4, -0.2) is 16.2 Å². The van der Waals surface area contributed by atoms with Gasteiger partial charge in [0.15, 0.2) is 0 Å². The summed E-state index contributed by atoms with van der Waals surface area (Å²) < 4.78 is 0. The minimum Gasteiger partial charge on any atom is -0.310 e. The van der Waals surface area contributed by atoms with E-state index in [2.05, 4.69) is 33.7 Å². The molecule has 2 N–H and O–H groups in total. The van der Waals surface area contributed by atoms with Crippen LogP contribution in [0.3, 0.4) is 0 Å². The van der Waals surface area contributed by atoms with E-state index < -0.39 is 0 Å². The van der Waals surface area contributed by atoms with Crippen molar-refractivity contribution >= 4 is 0 Å². The first-order chi connectivity index (χ1) is 10.8. The second kappa shape index (κ2) is 5.69. The van der Waals surface area contributed by atoms with Crippen molar-refractivity contribution in [3.05, 3.63) is 51.3 Å². The van der Waals surface area contributed by atoms with Crippen LogP contribution in [0.5, 0.6) is 0 Å². The fourth-order valence-electron chi connectivity index (χ4n) is 3.16. The molecule has 0 saturated heterocycles. The Morgan fingerprint density at radius 1 is 1.14 bits per heavy atom. The van der Waals surface area contributed by atoms with Crippen molar-refractivity contribution in [2.24, 2.45) is 0 Å². The molecule has 0 atom stereocenters. The van der Waals surface area contributed by atoms with E-state index in [1.165, 1.54) is 43.2 Å². The molecule has 2 aliphatic carbocycles. The van der Waals surface area contributed by atoms with Gasteiger partial charge in [0, 0.05) is 23.7 Å². The third-order valence-electron chi connectivity index (χ3n) is 4.68. The lowest BCUT2D eigenvalue weighted by atomic mass is 9.90. The molecule has 2 aromatic rings. The summed E-state index contributed by atoms with van der Waals surface area (Å²) in [6.45, 7) is 0.625. The highest BCUT2D eigenvalue weighted by Gasteiger charge is 2.20. The van der Waals surface area contributed by atoms with Crippen LogP contribution < -0.4 is 10.9 Å². The van der Waals surface area contributed by atoms with Gasteiger partial charge >= 0.3 is 0 Å². The molecule has 0 spiro atoms. The molecular weight excluding hydrogens is 274 g/mol. The second-order valence-corrected chi connectivity index (χ2v) is 6.45. The second-order valence-electron chi connectivity index (χ2n) is 6.45. The normalized spacial score (nSPS) is 17.3. The standard InChI is InChI=1S/C18H21N3O/c22-18-15(11-19-16-7-8-16)10-17(20-21-18)14-6-5-12-3-1-2-4-13(12)9-14/h5-6,9-10,16,19H,1-4,7-8,11H2,(H,21,22). The van der Waals surface area contributed by atoms with Crippen molar-refractivity contribution in [1.82, 2.24) is 15.5 Å². The van der Waals surface area contributed by atoms with Gasteiger partial charge in [-0.25, -0.2) is 5.10 Å². The Morgan fingerprint density at radius 2 is 1.95 bits per heavy atom. The first-order valence-corrected chi connectivity index (χ1v) is 8.24. The molecule has 22 heavy (non-hydrogen) atoms. The lowest BCUT2D eigenvalue weighted by Gasteiger charge is -2.16. The Balaban J connectivity index is 1.63. The maximum atomic E-state index is 11.9. The van der Waals surface area contributed by atoms with Gasteiger partial charge in [0.05, 0.1) is 5.69 Å². The molecule has 4 nitrogen and oxygen atoms in total. The number of nitrogens with one attached hydrogen (secondary N) is 2. The fourth-order valence-corrected chi connectivity index (χ4v) is 3.16. The SMILES string of the molecule is O=c1[nH]nc(-c2ccc3c(c2)CCCC3)cc1CNC1CC1. The molecule has 0 aliphatic heterocycles. The summed E-state index contributed by atoms with van der Waals surface area (Å²) in [4.78, 5) is 11.9. The fraction of sp³-hybridized carbons (Fsp3) is 0.444. The van der Waals surface area contributed by atoms with Crippen molar-refractivity contribution in [2.75, 3.05) is 0 Å². The molecule has 0 radical (unpaired) electrons. The number of nitrogens with zero attached hydrogens (tertiary/aromatic N) is 1. The Bertz CT molecular complexity index is 746. The van der Waals surface area contributed by atoms with E-state index in [1.54, 1.807) is 0 Å². The Morgan fingerprint density at radius 3 is 2.77 bits per heavy atom. The van der Waals surface area contributed by atoms with Crippen LogP contribution in [0, 0.1) is 0 Å². The van der Waals surface area contributed by atoms with Crippen LogP contribution in [0.15, 0.2) is 29.1 Å². The Labute approximate surface area is 130 Å². The maximum Gasteiger partial charge on any atom is 0.268 e. The third kappa shape index (κ3) is 2.83. The van der Waals surface area contributed by atoms with Gasteiger partial charge < -0.3 is 5.32 Å². The zero-order chi connectivity index (χ0) is 14.9. The van der Waals surface area contributed by atoms with E-state index in [4.69, 9.17) is 0 Å². The average Bonchev–Trinajstić information content (AvgIpc) is 3.38. The maximum absolute atomic E-state index is 11.9. The van der Waals surface area contributed by atoms with E-state index in [9.17, 15) is 4.79 Å². The van der Waals surface area contributed by atoms with Crippen molar-refractivity contribution in [3.63, 3.8) is 0 Å². The van der Waals surface area contributed by atoms with E-state index in [1.807, 2.05) is 6.07 Å². The van der Waals surface area contributed by atoms with Gasteiger partial charge in [0.2, 0.25) is 0 Å². The molecule has 2 aliphatic rings. The predicted molar refractivity (Wildman–Crippen MR) is 86.8 cm³/mol. The topological polar surface area (TPSA) is 57.8 Å². The number of aryl methyl sites for hydroxylation is 2. The van der Waals surface area contributed by atoms with Crippen molar-refractivity contribution in [3.8, 4) is 11.3 Å². The summed E-state index contributed by atoms with van der Waals surface area (Å²) in [5.74, 6) is 0. The Hall–Kier alpha value is -1.94. The molecule has 4 rings (SSSR count). The number of fused-ring (bicyclic) bond motifs is 1. The molecule has 1 aromatic carbocycles. The van der Waals surface area contributed by atoms with Crippen molar-refractivity contribution < 1.29 is 0 Å². The van der Waals surface area contributed by atoms with Crippen LogP contribution >= 0.6 is 0 Å². The summed E-state index contributed by atoms with van der Waals surface area (Å²) in [6.07, 6.45) is 7.35. The summed E-state index contributed by atoms with van der Waals surface area (Å²) in [5, 5.41) is 10.3. The van der Waals surface area contributed by atoms with Crippen molar-refractivity contribution in [1.29, 1.82) is 0 Å². The van der Waals surface area contributed by atoms with Crippen LogP contribution in [0.2, 0.25) is 0 Å². The number of rotatable bonds is 4. The first kappa shape index (κ1) is 13.7. The van der Waals surface area contributed by atoms with Gasteiger partial charge in [-0.3, -0.25) is 4.79 Å². The highest BCUT2D eigenvalue weighted by atomic mass is 16.1. The summed E-state index contributed by atoms with van der Waals surface area (Å²) in [6, 6.07) is 9.12. The van der Waals surface area contributed by atoms with Crippen LogP contribution in [0.25, 0.3) is 11.3 Å². The highest BCUT2D eigenvalue weighted by molar-refractivity contribution is 5.61. The van der Waals surface area contributed by atoms with Crippen LogP contribution in [0.4, 0.5) is 0 Å². The summed E-state index contributed by atoms with van der Waals surface area (Å²) >= 11 is 0. The lowest BCUT2D eigenvalue weighted by molar-refractivity contribution is 0.679. The molecule has 0 bridgehead atoms. The number of aromatic nitrogens is 2. The van der Waals surface area contributed by atoms with Gasteiger partial charge in [0.25, 0.3) is 5.56 Å². The third-order valence-corrected chi connectivity index (χ3v) is 4.68. The molecular formula is C18H21N3O. The van der Waals surface area contributed by atoms with Gasteiger partial charge in [-0.2, -0.15) is 5.10 Å². The molecule has 1 fully saturated rings. The predicted octanol–water partition coefficient (Wildman–Crippen LogP) is 2.57. The summed E-state index contributed by atoms with van der Waals surface area (Å²) in [7, 11) is 0. The van der Waals surface area contributed by atoms with E-state index in [0.717, 1.165) is 23.2 Å².